The van der Waals surface area contributed by atoms with E-state index in [2.05, 4.69) is 25.9 Å². The maximum atomic E-state index is 5.83. The number of aromatic nitrogens is 2. The van der Waals surface area contributed by atoms with Crippen molar-refractivity contribution in [1.29, 1.82) is 0 Å². The van der Waals surface area contributed by atoms with Gasteiger partial charge in [-0.25, -0.2) is 0 Å². The molecular formula is C14H15BrCl2N2. The Labute approximate surface area is 132 Å². The monoisotopic (exact) mass is 360 g/mol. The first-order valence-electron chi connectivity index (χ1n) is 5.69. The lowest BCUT2D eigenvalue weighted by Crippen LogP contribution is -1.87. The van der Waals surface area contributed by atoms with Crippen LogP contribution in [0.3, 0.4) is 0 Å². The normalized spacial score (nSPS) is 9.84. The van der Waals surface area contributed by atoms with Crippen molar-refractivity contribution in [1.82, 2.24) is 9.97 Å². The largest absolute Gasteiger partial charge is 0.258 e. The van der Waals surface area contributed by atoms with E-state index < -0.39 is 0 Å². The van der Waals surface area contributed by atoms with Crippen LogP contribution in [0.2, 0.25) is 10.0 Å². The van der Waals surface area contributed by atoms with Crippen molar-refractivity contribution < 1.29 is 0 Å². The summed E-state index contributed by atoms with van der Waals surface area (Å²) in [6.45, 7) is 7.70. The fourth-order valence-corrected chi connectivity index (χ4v) is 2.36. The van der Waals surface area contributed by atoms with Crippen molar-refractivity contribution in [2.75, 3.05) is 0 Å². The van der Waals surface area contributed by atoms with Gasteiger partial charge in [0, 0.05) is 22.1 Å². The molecule has 0 radical (unpaired) electrons. The Hall–Kier alpha value is -0.640. The van der Waals surface area contributed by atoms with Gasteiger partial charge in [-0.1, -0.05) is 23.2 Å². The molecule has 0 bridgehead atoms. The second-order valence-corrected chi connectivity index (χ2v) is 5.85. The van der Waals surface area contributed by atoms with Crippen molar-refractivity contribution in [2.45, 2.75) is 27.7 Å². The van der Waals surface area contributed by atoms with E-state index >= 15 is 0 Å². The van der Waals surface area contributed by atoms with Crippen LogP contribution in [0.15, 0.2) is 22.7 Å². The summed E-state index contributed by atoms with van der Waals surface area (Å²) in [5, 5.41) is 1.49. The Morgan fingerprint density at radius 2 is 1.32 bits per heavy atom. The van der Waals surface area contributed by atoms with E-state index in [9.17, 15) is 0 Å². The molecule has 19 heavy (non-hydrogen) atoms. The number of hydrogen-bond acceptors (Lipinski definition) is 2. The fourth-order valence-electron chi connectivity index (χ4n) is 1.55. The molecule has 0 aliphatic rings. The van der Waals surface area contributed by atoms with Gasteiger partial charge in [0.2, 0.25) is 0 Å². The summed E-state index contributed by atoms with van der Waals surface area (Å²) in [5.41, 5.74) is 3.83. The van der Waals surface area contributed by atoms with Crippen LogP contribution >= 0.6 is 39.1 Å². The summed E-state index contributed by atoms with van der Waals surface area (Å²) >= 11 is 14.9. The Balaban J connectivity index is 0.000000191. The van der Waals surface area contributed by atoms with E-state index in [-0.39, 0.29) is 0 Å². The predicted octanol–water partition coefficient (Wildman–Crippen LogP) is 5.47. The summed E-state index contributed by atoms with van der Waals surface area (Å²) in [7, 11) is 0. The number of hydrogen-bond donors (Lipinski definition) is 0. The van der Waals surface area contributed by atoms with Gasteiger partial charge in [0.15, 0.2) is 0 Å². The van der Waals surface area contributed by atoms with E-state index in [4.69, 9.17) is 23.2 Å². The summed E-state index contributed by atoms with van der Waals surface area (Å²) < 4.78 is 0.889. The van der Waals surface area contributed by atoms with Gasteiger partial charge in [0.05, 0.1) is 15.2 Å². The van der Waals surface area contributed by atoms with E-state index in [1.807, 2.05) is 45.9 Å². The molecule has 2 aromatic rings. The maximum absolute atomic E-state index is 5.83. The molecule has 2 rings (SSSR count). The zero-order chi connectivity index (χ0) is 14.6. The van der Waals surface area contributed by atoms with Crippen molar-refractivity contribution >= 4 is 39.1 Å². The molecule has 0 spiro atoms. The summed E-state index contributed by atoms with van der Waals surface area (Å²) in [4.78, 5) is 8.35. The average molecular weight is 362 g/mol. The van der Waals surface area contributed by atoms with Crippen LogP contribution in [-0.4, -0.2) is 9.97 Å². The first-order valence-corrected chi connectivity index (χ1v) is 7.24. The molecule has 2 heterocycles. The maximum Gasteiger partial charge on any atom is 0.0584 e. The van der Waals surface area contributed by atoms with Crippen LogP contribution in [0, 0.1) is 27.7 Å². The quantitative estimate of drug-likeness (QED) is 0.622. The van der Waals surface area contributed by atoms with Crippen LogP contribution < -0.4 is 0 Å². The summed E-state index contributed by atoms with van der Waals surface area (Å²) in [6.07, 6.45) is 0. The van der Waals surface area contributed by atoms with Crippen molar-refractivity contribution in [2.24, 2.45) is 0 Å². The number of pyridine rings is 2. The average Bonchev–Trinajstić information content (AvgIpc) is 2.24. The third kappa shape index (κ3) is 5.47. The molecule has 0 amide bonds. The minimum Gasteiger partial charge on any atom is -0.258 e. The molecule has 0 unspecified atom stereocenters. The van der Waals surface area contributed by atoms with Crippen molar-refractivity contribution in [3.8, 4) is 0 Å². The molecule has 0 aromatic carbocycles. The number of aryl methyl sites for hydroxylation is 4. The van der Waals surface area contributed by atoms with Gasteiger partial charge in [-0.05, 0) is 61.8 Å². The molecule has 102 valence electrons. The van der Waals surface area contributed by atoms with Gasteiger partial charge in [-0.3, -0.25) is 9.97 Å². The summed E-state index contributed by atoms with van der Waals surface area (Å²) in [5.74, 6) is 0. The number of halogens is 3. The molecule has 0 saturated heterocycles. The van der Waals surface area contributed by atoms with Crippen LogP contribution in [0.1, 0.15) is 22.8 Å². The highest BCUT2D eigenvalue weighted by molar-refractivity contribution is 9.10. The second-order valence-electron chi connectivity index (χ2n) is 4.21. The van der Waals surface area contributed by atoms with E-state index in [0.717, 1.165) is 37.3 Å². The third-order valence-corrected chi connectivity index (χ3v) is 4.00. The first kappa shape index (κ1) is 16.4. The topological polar surface area (TPSA) is 25.8 Å². The van der Waals surface area contributed by atoms with E-state index in [1.165, 1.54) is 0 Å². The van der Waals surface area contributed by atoms with E-state index in [0.29, 0.717) is 0 Å². The molecule has 0 aliphatic heterocycles. The molecule has 0 N–H and O–H groups in total. The Bertz CT molecular complexity index is 512. The molecule has 0 fully saturated rings. The highest BCUT2D eigenvalue weighted by atomic mass is 79.9. The predicted molar refractivity (Wildman–Crippen MR) is 85.1 cm³/mol. The van der Waals surface area contributed by atoms with Crippen LogP contribution in [0.25, 0.3) is 0 Å². The van der Waals surface area contributed by atoms with Gasteiger partial charge >= 0.3 is 0 Å². The molecule has 0 saturated carbocycles. The molecule has 5 heteroatoms. The van der Waals surface area contributed by atoms with E-state index in [1.54, 1.807) is 0 Å². The molecular weight excluding hydrogens is 347 g/mol. The minimum absolute atomic E-state index is 0.727. The highest BCUT2D eigenvalue weighted by Gasteiger charge is 2.01. The SMILES string of the molecule is Cc1cc(Cl)c(Br)c(C)n1.Cc1cc(Cl)cc(C)n1. The first-order chi connectivity index (χ1) is 8.79. The van der Waals surface area contributed by atoms with Gasteiger partial charge in [-0.2, -0.15) is 0 Å². The Kier molecular flexibility index (Phi) is 6.24. The van der Waals surface area contributed by atoms with Crippen LogP contribution in [0.4, 0.5) is 0 Å². The van der Waals surface area contributed by atoms with Crippen LogP contribution in [-0.2, 0) is 0 Å². The van der Waals surface area contributed by atoms with Gasteiger partial charge in [-0.15, -0.1) is 0 Å². The molecule has 0 aliphatic carbocycles. The molecule has 0 atom stereocenters. The van der Waals surface area contributed by atoms with Gasteiger partial charge in [0.25, 0.3) is 0 Å². The fraction of sp³-hybridized carbons (Fsp3) is 0.286. The lowest BCUT2D eigenvalue weighted by atomic mass is 10.3. The zero-order valence-corrected chi connectivity index (χ0v) is 14.4. The Morgan fingerprint density at radius 1 is 0.842 bits per heavy atom. The minimum atomic E-state index is 0.727. The summed E-state index contributed by atoms with van der Waals surface area (Å²) in [6, 6.07) is 5.52. The molecule has 2 nitrogen and oxygen atoms in total. The standard InChI is InChI=1S/C7H7BrClN.C7H8ClN/c1-4-3-6(9)7(8)5(2)10-4;1-5-3-7(8)4-6(2)9-5/h3H,1-2H3;3-4H,1-2H3. The van der Waals surface area contributed by atoms with Crippen molar-refractivity contribution in [3.05, 3.63) is 55.5 Å². The van der Waals surface area contributed by atoms with Crippen molar-refractivity contribution in [3.63, 3.8) is 0 Å². The second kappa shape index (κ2) is 7.22. The highest BCUT2D eigenvalue weighted by Crippen LogP contribution is 2.24. The lowest BCUT2D eigenvalue weighted by molar-refractivity contribution is 1.11. The Morgan fingerprint density at radius 3 is 1.74 bits per heavy atom. The third-order valence-electron chi connectivity index (χ3n) is 2.25. The molecule has 2 aromatic heterocycles. The van der Waals surface area contributed by atoms with Gasteiger partial charge < -0.3 is 0 Å². The van der Waals surface area contributed by atoms with Crippen LogP contribution in [0.5, 0.6) is 0 Å². The smallest absolute Gasteiger partial charge is 0.0584 e. The van der Waals surface area contributed by atoms with Gasteiger partial charge in [0.1, 0.15) is 0 Å². The number of rotatable bonds is 0. The lowest BCUT2D eigenvalue weighted by Gasteiger charge is -2.00. The zero-order valence-electron chi connectivity index (χ0n) is 11.3. The number of nitrogens with zero attached hydrogens (tertiary/aromatic N) is 2.